The van der Waals surface area contributed by atoms with Gasteiger partial charge < -0.3 is 10.4 Å². The fourth-order valence-corrected chi connectivity index (χ4v) is 1.46. The van der Waals surface area contributed by atoms with E-state index in [1.54, 1.807) is 19.1 Å². The van der Waals surface area contributed by atoms with E-state index in [9.17, 15) is 9.59 Å². The molecule has 2 N–H and O–H groups in total. The van der Waals surface area contributed by atoms with Crippen LogP contribution in [0.3, 0.4) is 0 Å². The summed E-state index contributed by atoms with van der Waals surface area (Å²) in [4.78, 5) is 26.1. The van der Waals surface area contributed by atoms with Gasteiger partial charge in [-0.15, -0.1) is 0 Å². The number of carboxylic acid groups (broad SMARTS) is 1. The van der Waals surface area contributed by atoms with E-state index >= 15 is 0 Å². The predicted molar refractivity (Wildman–Crippen MR) is 48.0 cm³/mol. The van der Waals surface area contributed by atoms with Crippen molar-refractivity contribution in [2.75, 3.05) is 5.32 Å². The Labute approximate surface area is 79.8 Å². The number of nitrogens with zero attached hydrogens (tertiary/aromatic N) is 1. The van der Waals surface area contributed by atoms with Gasteiger partial charge in [-0.3, -0.25) is 14.6 Å². The van der Waals surface area contributed by atoms with Gasteiger partial charge in [-0.25, -0.2) is 0 Å². The van der Waals surface area contributed by atoms with Crippen molar-refractivity contribution in [3.05, 3.63) is 23.5 Å². The fraction of sp³-hybridized carbons (Fsp3) is 0.222. The van der Waals surface area contributed by atoms with Crippen LogP contribution in [0, 0.1) is 6.92 Å². The number of carboxylic acids is 1. The second-order valence-electron chi connectivity index (χ2n) is 3.15. The summed E-state index contributed by atoms with van der Waals surface area (Å²) in [5.74, 6) is -2.85. The molecule has 1 aromatic heterocycles. The first kappa shape index (κ1) is 8.68. The van der Waals surface area contributed by atoms with Gasteiger partial charge in [0.25, 0.3) is 0 Å². The number of aryl methyl sites for hydroxylation is 1. The Balaban J connectivity index is 2.55. The summed E-state index contributed by atoms with van der Waals surface area (Å²) in [5.41, 5.74) is 1.50. The monoisotopic (exact) mass is 192 g/mol. The third-order valence-corrected chi connectivity index (χ3v) is 2.10. The number of carbonyl (C=O) groups is 2. The number of carbonyl (C=O) groups excluding carboxylic acids is 1. The minimum atomic E-state index is -1.17. The topological polar surface area (TPSA) is 79.3 Å². The molecule has 2 rings (SSSR count). The standard InChI is InChI=1S/C9H8N2O3/c1-4-2-3-5-7(10-4)6(9(13)14)8(12)11-5/h2-3,6H,1H3,(H,11,12)(H,13,14)/t6-/m0/s1. The largest absolute Gasteiger partial charge is 0.480 e. The molecule has 1 aliphatic heterocycles. The zero-order valence-corrected chi connectivity index (χ0v) is 7.44. The first-order valence-electron chi connectivity index (χ1n) is 4.11. The lowest BCUT2D eigenvalue weighted by molar-refractivity contribution is -0.141. The van der Waals surface area contributed by atoms with Crippen molar-refractivity contribution >= 4 is 17.6 Å². The molecule has 0 radical (unpaired) electrons. The van der Waals surface area contributed by atoms with Crippen LogP contribution in [-0.2, 0) is 9.59 Å². The summed E-state index contributed by atoms with van der Waals surface area (Å²) in [6, 6.07) is 3.39. The molecule has 0 bridgehead atoms. The number of nitrogens with one attached hydrogen (secondary N) is 1. The second kappa shape index (κ2) is 2.80. The van der Waals surface area contributed by atoms with Crippen molar-refractivity contribution < 1.29 is 14.7 Å². The van der Waals surface area contributed by atoms with Crippen LogP contribution in [0.1, 0.15) is 17.3 Å². The van der Waals surface area contributed by atoms with E-state index in [0.717, 1.165) is 0 Å². The molecule has 0 saturated carbocycles. The lowest BCUT2D eigenvalue weighted by Crippen LogP contribution is -2.20. The maximum atomic E-state index is 11.3. The van der Waals surface area contributed by atoms with Gasteiger partial charge in [-0.1, -0.05) is 0 Å². The summed E-state index contributed by atoms with van der Waals surface area (Å²) >= 11 is 0. The minimum Gasteiger partial charge on any atom is -0.480 e. The van der Waals surface area contributed by atoms with Crippen LogP contribution in [0.5, 0.6) is 0 Å². The van der Waals surface area contributed by atoms with Gasteiger partial charge in [-0.2, -0.15) is 0 Å². The van der Waals surface area contributed by atoms with Crippen LogP contribution in [-0.4, -0.2) is 22.0 Å². The summed E-state index contributed by atoms with van der Waals surface area (Å²) in [6.45, 7) is 1.75. The van der Waals surface area contributed by atoms with E-state index in [4.69, 9.17) is 5.11 Å². The van der Waals surface area contributed by atoms with Crippen LogP contribution < -0.4 is 5.32 Å². The molecule has 1 aromatic rings. The first-order chi connectivity index (χ1) is 6.59. The summed E-state index contributed by atoms with van der Waals surface area (Å²) in [5, 5.41) is 11.3. The molecule has 0 spiro atoms. The number of pyridine rings is 1. The first-order valence-corrected chi connectivity index (χ1v) is 4.11. The molecule has 0 unspecified atom stereocenters. The maximum absolute atomic E-state index is 11.3. The minimum absolute atomic E-state index is 0.308. The van der Waals surface area contributed by atoms with Crippen molar-refractivity contribution in [2.45, 2.75) is 12.8 Å². The highest BCUT2D eigenvalue weighted by molar-refractivity contribution is 6.13. The van der Waals surface area contributed by atoms with E-state index in [1.807, 2.05) is 0 Å². The van der Waals surface area contributed by atoms with Crippen molar-refractivity contribution in [3.8, 4) is 0 Å². The predicted octanol–water partition coefficient (Wildman–Crippen LogP) is 0.510. The number of aromatic nitrogens is 1. The zero-order chi connectivity index (χ0) is 10.3. The second-order valence-corrected chi connectivity index (χ2v) is 3.15. The molecule has 5 heteroatoms. The number of anilines is 1. The van der Waals surface area contributed by atoms with E-state index in [0.29, 0.717) is 17.1 Å². The molecule has 1 aliphatic rings. The number of fused-ring (bicyclic) bond motifs is 1. The van der Waals surface area contributed by atoms with Gasteiger partial charge in [0, 0.05) is 5.69 Å². The summed E-state index contributed by atoms with van der Waals surface area (Å²) in [6.07, 6.45) is 0. The van der Waals surface area contributed by atoms with Crippen molar-refractivity contribution in [1.82, 2.24) is 4.98 Å². The highest BCUT2D eigenvalue weighted by atomic mass is 16.4. The van der Waals surface area contributed by atoms with Gasteiger partial charge >= 0.3 is 5.97 Å². The highest BCUT2D eigenvalue weighted by Gasteiger charge is 2.37. The lowest BCUT2D eigenvalue weighted by Gasteiger charge is -2.01. The Morgan fingerprint density at radius 2 is 2.29 bits per heavy atom. The molecule has 5 nitrogen and oxygen atoms in total. The van der Waals surface area contributed by atoms with Crippen LogP contribution in [0.2, 0.25) is 0 Å². The molecule has 1 atom stereocenters. The zero-order valence-electron chi connectivity index (χ0n) is 7.44. The Morgan fingerprint density at radius 1 is 1.57 bits per heavy atom. The van der Waals surface area contributed by atoms with E-state index in [-0.39, 0.29) is 0 Å². The van der Waals surface area contributed by atoms with Crippen LogP contribution >= 0.6 is 0 Å². The third kappa shape index (κ3) is 1.14. The average molecular weight is 192 g/mol. The molecular formula is C9H8N2O3. The summed E-state index contributed by atoms with van der Waals surface area (Å²) < 4.78 is 0. The van der Waals surface area contributed by atoms with Gasteiger partial charge in [0.1, 0.15) is 0 Å². The van der Waals surface area contributed by atoms with Crippen molar-refractivity contribution in [1.29, 1.82) is 0 Å². The van der Waals surface area contributed by atoms with Gasteiger partial charge in [0.2, 0.25) is 5.91 Å². The molecule has 14 heavy (non-hydrogen) atoms. The van der Waals surface area contributed by atoms with Gasteiger partial charge in [0.15, 0.2) is 5.92 Å². The van der Waals surface area contributed by atoms with Crippen molar-refractivity contribution in [2.24, 2.45) is 0 Å². The Kier molecular flexibility index (Phi) is 1.73. The van der Waals surface area contributed by atoms with Crippen molar-refractivity contribution in [3.63, 3.8) is 0 Å². The Hall–Kier alpha value is -1.91. The van der Waals surface area contributed by atoms with E-state index in [1.165, 1.54) is 0 Å². The average Bonchev–Trinajstić information content (AvgIpc) is 2.40. The van der Waals surface area contributed by atoms with Crippen LogP contribution in [0.25, 0.3) is 0 Å². The lowest BCUT2D eigenvalue weighted by atomic mass is 10.1. The van der Waals surface area contributed by atoms with Gasteiger partial charge in [-0.05, 0) is 19.1 Å². The molecule has 0 aliphatic carbocycles. The Morgan fingerprint density at radius 3 is 2.93 bits per heavy atom. The molecule has 0 aromatic carbocycles. The SMILES string of the molecule is Cc1ccc2c(n1)[C@H](C(=O)O)C(=O)N2. The number of hydrogen-bond acceptors (Lipinski definition) is 3. The van der Waals surface area contributed by atoms with E-state index in [2.05, 4.69) is 10.3 Å². The normalized spacial score (nSPS) is 18.9. The number of aliphatic carboxylic acids is 1. The highest BCUT2D eigenvalue weighted by Crippen LogP contribution is 2.30. The number of hydrogen-bond donors (Lipinski definition) is 2. The smallest absolute Gasteiger partial charge is 0.322 e. The van der Waals surface area contributed by atoms with E-state index < -0.39 is 17.8 Å². The molecular weight excluding hydrogens is 184 g/mol. The fourth-order valence-electron chi connectivity index (χ4n) is 1.46. The number of rotatable bonds is 1. The molecule has 72 valence electrons. The van der Waals surface area contributed by atoms with Crippen LogP contribution in [0.15, 0.2) is 12.1 Å². The summed E-state index contributed by atoms with van der Waals surface area (Å²) in [7, 11) is 0. The molecule has 2 heterocycles. The molecule has 0 fully saturated rings. The van der Waals surface area contributed by atoms with Gasteiger partial charge in [0.05, 0.1) is 11.4 Å². The van der Waals surface area contributed by atoms with Crippen LogP contribution in [0.4, 0.5) is 5.69 Å². The molecule has 1 amide bonds. The third-order valence-electron chi connectivity index (χ3n) is 2.10. The quantitative estimate of drug-likeness (QED) is 0.635. The Bertz CT molecular complexity index is 428. The number of amides is 1. The maximum Gasteiger partial charge on any atom is 0.322 e. The molecule has 0 saturated heterocycles.